The van der Waals surface area contributed by atoms with Crippen LogP contribution in [0.15, 0.2) is 182 Å². The third kappa shape index (κ3) is 5.80. The van der Waals surface area contributed by atoms with Crippen LogP contribution in [0.5, 0.6) is 0 Å². The van der Waals surface area contributed by atoms with E-state index in [1.54, 1.807) is 0 Å². The number of aromatic nitrogens is 4. The molecular weight excluding hydrogens is 669 g/mol. The van der Waals surface area contributed by atoms with Crippen molar-refractivity contribution >= 4 is 10.9 Å². The van der Waals surface area contributed by atoms with Gasteiger partial charge in [-0.1, -0.05) is 159 Å². The summed E-state index contributed by atoms with van der Waals surface area (Å²) >= 11 is 0. The fraction of sp³-hybridized carbons (Fsp3) is 0.0588. The number of fused-ring (bicyclic) bond motifs is 4. The van der Waals surface area contributed by atoms with Gasteiger partial charge in [-0.15, -0.1) is 0 Å². The molecule has 0 radical (unpaired) electrons. The van der Waals surface area contributed by atoms with Crippen LogP contribution in [0.4, 0.5) is 0 Å². The van der Waals surface area contributed by atoms with Crippen molar-refractivity contribution in [3.8, 4) is 78.7 Å². The number of hydrogen-bond donors (Lipinski definition) is 0. The average molecular weight is 705 g/mol. The van der Waals surface area contributed by atoms with Gasteiger partial charge in [0.1, 0.15) is 0 Å². The fourth-order valence-corrected chi connectivity index (χ4v) is 8.11. The second-order valence-electron chi connectivity index (χ2n) is 14.7. The molecule has 9 aromatic rings. The first-order valence-corrected chi connectivity index (χ1v) is 18.7. The number of para-hydroxylation sites is 1. The minimum absolute atomic E-state index is 0.0689. The number of nitrogens with zero attached hydrogens (tertiary/aromatic N) is 4. The van der Waals surface area contributed by atoms with E-state index in [1.807, 2.05) is 36.5 Å². The van der Waals surface area contributed by atoms with Crippen molar-refractivity contribution in [3.05, 3.63) is 193 Å². The lowest BCUT2D eigenvalue weighted by Crippen LogP contribution is -2.14. The molecular formula is C51H36N4. The van der Waals surface area contributed by atoms with Crippen LogP contribution >= 0.6 is 0 Å². The monoisotopic (exact) mass is 704 g/mol. The Kier molecular flexibility index (Phi) is 7.77. The molecule has 1 aliphatic carbocycles. The van der Waals surface area contributed by atoms with Gasteiger partial charge in [0.15, 0.2) is 17.5 Å². The van der Waals surface area contributed by atoms with Gasteiger partial charge >= 0.3 is 0 Å². The van der Waals surface area contributed by atoms with Crippen molar-refractivity contribution in [1.82, 2.24) is 19.9 Å². The van der Waals surface area contributed by atoms with Crippen molar-refractivity contribution in [2.75, 3.05) is 0 Å². The highest BCUT2D eigenvalue weighted by Gasteiger charge is 2.35. The molecule has 0 amide bonds. The zero-order valence-corrected chi connectivity index (χ0v) is 30.6. The maximum atomic E-state index is 5.20. The van der Waals surface area contributed by atoms with E-state index in [2.05, 4.69) is 159 Å². The lowest BCUT2D eigenvalue weighted by Gasteiger charge is -2.21. The van der Waals surface area contributed by atoms with Crippen LogP contribution in [0.25, 0.3) is 89.6 Å². The van der Waals surface area contributed by atoms with Crippen LogP contribution in [0.2, 0.25) is 0 Å². The maximum absolute atomic E-state index is 5.20. The van der Waals surface area contributed by atoms with Gasteiger partial charge in [-0.3, -0.25) is 4.98 Å². The SMILES string of the molecule is CC1(C)c2ccccc2-c2cc(-c3cc(-c4nc(-c5ccccc5)nc(-c5ccc(-c6ccccc6)cc5)n4)cc(-c4cccc5cccnc45)c3)ccc21. The highest BCUT2D eigenvalue weighted by Crippen LogP contribution is 2.50. The van der Waals surface area contributed by atoms with Crippen LogP contribution in [-0.2, 0) is 5.41 Å². The van der Waals surface area contributed by atoms with Crippen molar-refractivity contribution in [3.63, 3.8) is 0 Å². The van der Waals surface area contributed by atoms with Gasteiger partial charge in [0, 0.05) is 39.3 Å². The molecule has 2 heterocycles. The second kappa shape index (κ2) is 13.1. The molecule has 0 N–H and O–H groups in total. The largest absolute Gasteiger partial charge is 0.256 e. The topological polar surface area (TPSA) is 51.6 Å². The molecule has 4 heteroatoms. The molecule has 7 aromatic carbocycles. The van der Waals surface area contributed by atoms with Gasteiger partial charge < -0.3 is 0 Å². The van der Waals surface area contributed by atoms with E-state index in [4.69, 9.17) is 19.9 Å². The molecule has 260 valence electrons. The van der Waals surface area contributed by atoms with Crippen LogP contribution in [0.1, 0.15) is 25.0 Å². The Bertz CT molecular complexity index is 2870. The molecule has 4 nitrogen and oxygen atoms in total. The number of hydrogen-bond acceptors (Lipinski definition) is 4. The first kappa shape index (κ1) is 32.6. The van der Waals surface area contributed by atoms with Crippen molar-refractivity contribution in [1.29, 1.82) is 0 Å². The van der Waals surface area contributed by atoms with E-state index < -0.39 is 0 Å². The Morgan fingerprint density at radius 3 is 1.64 bits per heavy atom. The number of rotatable bonds is 6. The molecule has 0 fully saturated rings. The van der Waals surface area contributed by atoms with Crippen LogP contribution < -0.4 is 0 Å². The molecule has 0 saturated heterocycles. The number of pyridine rings is 1. The minimum atomic E-state index is -0.0689. The molecule has 0 saturated carbocycles. The quantitative estimate of drug-likeness (QED) is 0.173. The summed E-state index contributed by atoms with van der Waals surface area (Å²) in [5, 5.41) is 1.09. The first-order valence-electron chi connectivity index (χ1n) is 18.7. The summed E-state index contributed by atoms with van der Waals surface area (Å²) in [4.78, 5) is 20.3. The smallest absolute Gasteiger partial charge is 0.164 e. The standard InChI is InChI=1S/C51H36N4/c1-51(2)45-21-10-9-19-43(45)44-32-38(26-27-46(44)51)39-29-40(42-20-11-17-35-18-12-28-52-47(35)42)31-41(30-39)50-54-48(36-15-7-4-8-16-36)53-49(55-50)37-24-22-34(23-25-37)33-13-5-3-6-14-33/h3-32H,1-2H3. The molecule has 0 unspecified atom stereocenters. The Morgan fingerprint density at radius 1 is 0.345 bits per heavy atom. The third-order valence-electron chi connectivity index (χ3n) is 11.0. The fourth-order valence-electron chi connectivity index (χ4n) is 8.11. The van der Waals surface area contributed by atoms with Crippen LogP contribution in [0.3, 0.4) is 0 Å². The summed E-state index contributed by atoms with van der Waals surface area (Å²) in [5.41, 5.74) is 15.6. The molecule has 0 aliphatic heterocycles. The molecule has 0 atom stereocenters. The summed E-state index contributed by atoms with van der Waals surface area (Å²) in [5.74, 6) is 1.86. The van der Waals surface area contributed by atoms with E-state index in [1.165, 1.54) is 27.8 Å². The predicted octanol–water partition coefficient (Wildman–Crippen LogP) is 12.7. The zero-order valence-electron chi connectivity index (χ0n) is 30.6. The summed E-state index contributed by atoms with van der Waals surface area (Å²) in [6, 6.07) is 61.9. The zero-order chi connectivity index (χ0) is 36.9. The van der Waals surface area contributed by atoms with Gasteiger partial charge in [-0.2, -0.15) is 0 Å². The maximum Gasteiger partial charge on any atom is 0.164 e. The predicted molar refractivity (Wildman–Crippen MR) is 225 cm³/mol. The molecule has 55 heavy (non-hydrogen) atoms. The summed E-state index contributed by atoms with van der Waals surface area (Å²) < 4.78 is 0. The van der Waals surface area contributed by atoms with Gasteiger partial charge in [0.05, 0.1) is 5.52 Å². The van der Waals surface area contributed by atoms with E-state index in [-0.39, 0.29) is 5.41 Å². The van der Waals surface area contributed by atoms with Gasteiger partial charge in [-0.25, -0.2) is 15.0 Å². The average Bonchev–Trinajstić information content (AvgIpc) is 3.49. The summed E-state index contributed by atoms with van der Waals surface area (Å²) in [7, 11) is 0. The molecule has 2 aromatic heterocycles. The van der Waals surface area contributed by atoms with Gasteiger partial charge in [0.2, 0.25) is 0 Å². The van der Waals surface area contributed by atoms with E-state index in [0.29, 0.717) is 17.5 Å². The lowest BCUT2D eigenvalue weighted by atomic mass is 9.82. The first-order chi connectivity index (χ1) is 27.0. The Hall–Kier alpha value is -7.04. The molecule has 10 rings (SSSR count). The van der Waals surface area contributed by atoms with E-state index in [9.17, 15) is 0 Å². The van der Waals surface area contributed by atoms with Crippen LogP contribution in [0, 0.1) is 0 Å². The molecule has 1 aliphatic rings. The number of benzene rings is 7. The van der Waals surface area contributed by atoms with Crippen LogP contribution in [-0.4, -0.2) is 19.9 Å². The Morgan fingerprint density at radius 2 is 0.873 bits per heavy atom. The van der Waals surface area contributed by atoms with Gasteiger partial charge in [-0.05, 0) is 80.4 Å². The molecule has 0 bridgehead atoms. The Labute approximate surface area is 320 Å². The lowest BCUT2D eigenvalue weighted by molar-refractivity contribution is 0.660. The van der Waals surface area contributed by atoms with Crippen molar-refractivity contribution in [2.45, 2.75) is 19.3 Å². The van der Waals surface area contributed by atoms with E-state index >= 15 is 0 Å². The Balaban J connectivity index is 1.18. The van der Waals surface area contributed by atoms with Crippen molar-refractivity contribution < 1.29 is 0 Å². The van der Waals surface area contributed by atoms with E-state index in [0.717, 1.165) is 55.4 Å². The van der Waals surface area contributed by atoms with Crippen molar-refractivity contribution in [2.24, 2.45) is 0 Å². The third-order valence-corrected chi connectivity index (χ3v) is 11.0. The second-order valence-corrected chi connectivity index (χ2v) is 14.7. The highest BCUT2D eigenvalue weighted by molar-refractivity contribution is 5.96. The van der Waals surface area contributed by atoms with Gasteiger partial charge in [0.25, 0.3) is 0 Å². The summed E-state index contributed by atoms with van der Waals surface area (Å²) in [6.07, 6.45) is 1.86. The normalized spacial score (nSPS) is 12.7. The minimum Gasteiger partial charge on any atom is -0.256 e. The highest BCUT2D eigenvalue weighted by atomic mass is 15.0. The molecule has 0 spiro atoms. The summed E-state index contributed by atoms with van der Waals surface area (Å²) in [6.45, 7) is 4.64.